The lowest BCUT2D eigenvalue weighted by atomic mass is 9.88. The van der Waals surface area contributed by atoms with Crippen molar-refractivity contribution < 1.29 is 90.5 Å². The van der Waals surface area contributed by atoms with Crippen LogP contribution >= 0.6 is 0 Å². The molecule has 6 atom stereocenters. The lowest BCUT2D eigenvalue weighted by molar-refractivity contribution is -0.124. The Labute approximate surface area is 624 Å². The first-order chi connectivity index (χ1) is 52.3. The Morgan fingerprint density at radius 1 is 0.427 bits per heavy atom. The number of aromatic nitrogens is 1. The van der Waals surface area contributed by atoms with Crippen LogP contribution in [0.3, 0.4) is 0 Å². The number of imide groups is 4. The van der Waals surface area contributed by atoms with Gasteiger partial charge in [0.15, 0.2) is 11.6 Å². The van der Waals surface area contributed by atoms with Gasteiger partial charge in [-0.05, 0) is 116 Å². The first-order valence-corrected chi connectivity index (χ1v) is 33.9. The van der Waals surface area contributed by atoms with E-state index >= 15 is 0 Å². The van der Waals surface area contributed by atoms with Crippen molar-refractivity contribution in [2.45, 2.75) is 92.9 Å². The molecule has 15 rings (SSSR count). The van der Waals surface area contributed by atoms with Gasteiger partial charge in [-0.15, -0.1) is 0 Å². The third-order valence-corrected chi connectivity index (χ3v) is 19.9. The fourth-order valence-corrected chi connectivity index (χ4v) is 13.8. The molecule has 10 heterocycles. The third-order valence-electron chi connectivity index (χ3n) is 19.9. The van der Waals surface area contributed by atoms with Crippen LogP contribution in [0.4, 0.5) is 23.6 Å². The molecule has 558 valence electrons. The van der Waals surface area contributed by atoms with Gasteiger partial charge >= 0.3 is 24.1 Å². The summed E-state index contributed by atoms with van der Waals surface area (Å²) in [6.45, 7) is 4.82. The van der Waals surface area contributed by atoms with Gasteiger partial charge in [-0.2, -0.15) is 0 Å². The summed E-state index contributed by atoms with van der Waals surface area (Å²) in [7, 11) is 4.50. The summed E-state index contributed by atoms with van der Waals surface area (Å²) in [5.74, 6) is 12.7. The molecule has 6 saturated heterocycles. The average Bonchev–Trinajstić information content (AvgIpc) is 1.57. The van der Waals surface area contributed by atoms with Crippen molar-refractivity contribution in [2.75, 3.05) is 41.0 Å². The standard InChI is InChI=1S/C26H21FN4O6.C26H23N5O6.C25H21N5O6/c1-25(20(32)11-21(33)29-25)18-6-3-14(9-19(18)27)7-8-26(23(35)28-24(36)30-26)13-31-12-15-4-5-16(37-2)10-17(15)22(31)34;1-25(21(33)27-23(35)29-25)12-16-5-3-15(4-6-16)9-10-26(22(34)28-24(36)30-26)14-31-13-17-7-8-18(37-2)11-19(17)20(31)32;1-24(19(31)10-20(32)28-24)18-6-3-14(11-26-18)7-8-25(22(34)27-23(35)29-25)13-30-12-15-4-5-16(36-2)9-17(15)21(30)33/h3-6,9-10H,11-13H2,1-2H3,(H,29,33)(H2,28,30,35,36);3-8,11H,12-14H2,1-2H3,(H2,27,29,33,35)(H2,28,30,34,36);3-6,9,11H,10,12-13H2,1-2H3,(H,28,32)(H2,27,29,34,35)/t2*25?,26-;24?,25-/m111/s1. The van der Waals surface area contributed by atoms with E-state index in [2.05, 4.69) is 93.7 Å². The molecule has 3 unspecified atom stereocenters. The predicted molar refractivity (Wildman–Crippen MR) is 378 cm³/mol. The van der Waals surface area contributed by atoms with Crippen LogP contribution in [0.5, 0.6) is 17.2 Å². The Bertz CT molecular complexity index is 5350. The molecule has 33 heteroatoms. The summed E-state index contributed by atoms with van der Waals surface area (Å²) in [5, 5.41) is 24.2. The number of urea groups is 4. The van der Waals surface area contributed by atoms with E-state index < -0.39 is 98.5 Å². The van der Waals surface area contributed by atoms with Crippen molar-refractivity contribution in [1.82, 2.24) is 72.9 Å². The van der Waals surface area contributed by atoms with E-state index in [4.69, 9.17) is 14.2 Å². The number of ketones is 2. The maximum atomic E-state index is 15.0. The smallest absolute Gasteiger partial charge is 0.323 e. The Hall–Kier alpha value is -14.3. The third kappa shape index (κ3) is 14.0. The fourth-order valence-electron chi connectivity index (χ4n) is 13.8. The monoisotopic (exact) mass is 1490 g/mol. The highest BCUT2D eigenvalue weighted by Crippen LogP contribution is 2.35. The summed E-state index contributed by atoms with van der Waals surface area (Å²) >= 11 is 0. The average molecular weight is 1490 g/mol. The number of amides is 17. The first-order valence-electron chi connectivity index (χ1n) is 33.9. The molecule has 9 aliphatic heterocycles. The van der Waals surface area contributed by atoms with Gasteiger partial charge in [-0.25, -0.2) is 23.6 Å². The molecule has 0 spiro atoms. The molecule has 32 nitrogen and oxygen atoms in total. The number of hydrogen-bond acceptors (Lipinski definition) is 19. The van der Waals surface area contributed by atoms with E-state index in [0.717, 1.165) is 28.3 Å². The first kappa shape index (κ1) is 74.0. The number of ether oxygens (including phenoxy) is 3. The second-order valence-electron chi connectivity index (χ2n) is 27.5. The summed E-state index contributed by atoms with van der Waals surface area (Å²) in [6.07, 6.45) is 1.16. The Balaban J connectivity index is 0.000000145. The van der Waals surface area contributed by atoms with E-state index in [1.165, 1.54) is 61.3 Å². The molecule has 0 radical (unpaired) electrons. The highest BCUT2D eigenvalue weighted by atomic mass is 19.1. The van der Waals surface area contributed by atoms with Gasteiger partial charge in [0, 0.05) is 71.2 Å². The zero-order valence-corrected chi connectivity index (χ0v) is 59.3. The van der Waals surface area contributed by atoms with Gasteiger partial charge in [0.05, 0.1) is 59.5 Å². The zero-order chi connectivity index (χ0) is 78.6. The molecule has 17 amide bonds. The van der Waals surface area contributed by atoms with Gasteiger partial charge in [0.2, 0.25) is 28.4 Å². The molecule has 5 aromatic carbocycles. The molecular formula is C77H65FN14O18. The molecule has 0 bridgehead atoms. The molecule has 6 fully saturated rings. The number of nitrogens with one attached hydrogen (secondary N) is 10. The summed E-state index contributed by atoms with van der Waals surface area (Å²) in [6, 6.07) is 26.7. The van der Waals surface area contributed by atoms with E-state index in [-0.39, 0.29) is 99.1 Å². The van der Waals surface area contributed by atoms with Gasteiger partial charge in [0.25, 0.3) is 41.4 Å². The summed E-state index contributed by atoms with van der Waals surface area (Å²) in [5.41, 5.74) is -2.87. The fraction of sp³-hybridized carbons (Fsp3) is 0.273. The maximum absolute atomic E-state index is 15.0. The topological polar surface area (TPSA) is 427 Å². The van der Waals surface area contributed by atoms with Crippen LogP contribution in [0, 0.1) is 41.3 Å². The van der Waals surface area contributed by atoms with Crippen molar-refractivity contribution in [3.8, 4) is 52.8 Å². The van der Waals surface area contributed by atoms with Crippen LogP contribution in [-0.2, 0) is 75.5 Å². The number of nitrogens with zero attached hydrogens (tertiary/aromatic N) is 4. The second kappa shape index (κ2) is 28.2. The number of hydrogen-bond donors (Lipinski definition) is 10. The minimum Gasteiger partial charge on any atom is -0.497 e. The molecule has 10 N–H and O–H groups in total. The van der Waals surface area contributed by atoms with Crippen molar-refractivity contribution in [3.05, 3.63) is 188 Å². The number of carbonyl (C=O) groups excluding carboxylic acids is 15. The van der Waals surface area contributed by atoms with E-state index in [1.807, 2.05) is 0 Å². The number of halogens is 1. The number of pyridine rings is 1. The van der Waals surface area contributed by atoms with Gasteiger partial charge < -0.3 is 60.8 Å². The van der Waals surface area contributed by atoms with Crippen molar-refractivity contribution >= 4 is 88.9 Å². The van der Waals surface area contributed by atoms with Gasteiger partial charge in [0.1, 0.15) is 39.7 Å². The lowest BCUT2D eigenvalue weighted by Gasteiger charge is -2.26. The van der Waals surface area contributed by atoms with Crippen molar-refractivity contribution in [3.63, 3.8) is 0 Å². The van der Waals surface area contributed by atoms with Gasteiger partial charge in [-0.3, -0.25) is 79.0 Å². The number of Topliss-reactive ketones (excluding diaryl/α,β-unsaturated/α-hetero) is 2. The number of fused-ring (bicyclic) bond motifs is 3. The molecular weight excluding hydrogens is 1430 g/mol. The Morgan fingerprint density at radius 3 is 1.16 bits per heavy atom. The number of benzene rings is 5. The molecule has 110 heavy (non-hydrogen) atoms. The molecule has 1 aromatic heterocycles. The zero-order valence-electron chi connectivity index (χ0n) is 59.3. The van der Waals surface area contributed by atoms with Crippen molar-refractivity contribution in [2.24, 2.45) is 0 Å². The maximum Gasteiger partial charge on any atom is 0.323 e. The van der Waals surface area contributed by atoms with Crippen LogP contribution in [0.2, 0.25) is 0 Å². The van der Waals surface area contributed by atoms with Crippen LogP contribution < -0.4 is 67.4 Å². The van der Waals surface area contributed by atoms with Crippen molar-refractivity contribution in [1.29, 1.82) is 0 Å². The SMILES string of the molecule is COc1ccc2c(c1)C(=O)N(C[C@@]1(C#Cc3ccc(C4(C)NC(=O)CC4=O)c(F)c3)NC(=O)NC1=O)C2.COc1ccc2c(c1)C(=O)N(C[C@@]1(C#Cc3ccc(C4(C)NC(=O)CC4=O)nc3)NC(=O)NC1=O)C2.COc1ccc2c(c1)C(=O)N(C[C@@]1(C#Cc3ccc(CC4(C)NC(=O)NC4=O)cc3)NC(=O)NC1=O)C2. The van der Waals surface area contributed by atoms with E-state index in [0.29, 0.717) is 50.8 Å². The van der Waals surface area contributed by atoms with E-state index in [1.54, 1.807) is 105 Å². The summed E-state index contributed by atoms with van der Waals surface area (Å²) < 4.78 is 30.6. The molecule has 0 saturated carbocycles. The minimum absolute atomic E-state index is 0.00798. The van der Waals surface area contributed by atoms with Gasteiger partial charge in [-0.1, -0.05) is 71.9 Å². The normalized spacial score (nSPS) is 24.3. The highest BCUT2D eigenvalue weighted by Gasteiger charge is 2.53. The number of methoxy groups -OCH3 is 3. The molecule has 0 aliphatic carbocycles. The Kier molecular flexibility index (Phi) is 19.0. The molecule has 9 aliphatic rings. The number of carbonyl (C=O) groups is 15. The van der Waals surface area contributed by atoms with Crippen LogP contribution in [-0.4, -0.2) is 172 Å². The Morgan fingerprint density at radius 2 is 0.809 bits per heavy atom. The van der Waals surface area contributed by atoms with Crippen LogP contribution in [0.15, 0.2) is 115 Å². The largest absolute Gasteiger partial charge is 0.497 e. The molecule has 6 aromatic rings. The van der Waals surface area contributed by atoms with Crippen LogP contribution in [0.25, 0.3) is 0 Å². The predicted octanol–water partition coefficient (Wildman–Crippen LogP) is 1.13. The highest BCUT2D eigenvalue weighted by molar-refractivity contribution is 6.14. The van der Waals surface area contributed by atoms with Crippen LogP contribution in [0.1, 0.15) is 115 Å². The number of rotatable bonds is 13. The van der Waals surface area contributed by atoms with E-state index in [9.17, 15) is 76.3 Å². The summed E-state index contributed by atoms with van der Waals surface area (Å²) in [4.78, 5) is 193. The quantitative estimate of drug-likeness (QED) is 0.0440. The lowest BCUT2D eigenvalue weighted by Crippen LogP contribution is -2.54. The second-order valence-corrected chi connectivity index (χ2v) is 27.5. The minimum atomic E-state index is -1.77.